The Morgan fingerprint density at radius 3 is 2.64 bits per heavy atom. The average Bonchev–Trinajstić information content (AvgIpc) is 3.49. The van der Waals surface area contributed by atoms with Gasteiger partial charge in [-0.3, -0.25) is 4.90 Å². The van der Waals surface area contributed by atoms with Gasteiger partial charge < -0.3 is 19.7 Å². The SMILES string of the molecule is O=C(OCc1ccccc1)N1C[C@@H](O)[C@H](N(CCc2c[nH]c3ccccc23)Cc2cccc(Br)c2)C1. The number of carbonyl (C=O) groups is 1. The number of β-amino-alcohol motifs (C(OH)–C–C–N with tert-alkyl or cyclic N) is 1. The fraction of sp³-hybridized carbons (Fsp3) is 0.276. The molecule has 1 aromatic heterocycles. The normalized spacial score (nSPS) is 17.7. The fourth-order valence-electron chi connectivity index (χ4n) is 4.92. The van der Waals surface area contributed by atoms with Gasteiger partial charge in [-0.15, -0.1) is 0 Å². The van der Waals surface area contributed by atoms with Crippen molar-refractivity contribution in [3.8, 4) is 0 Å². The summed E-state index contributed by atoms with van der Waals surface area (Å²) in [5.74, 6) is 0. The van der Waals surface area contributed by atoms with Crippen LogP contribution in [0.25, 0.3) is 10.9 Å². The summed E-state index contributed by atoms with van der Waals surface area (Å²) < 4.78 is 6.56. The van der Waals surface area contributed by atoms with E-state index in [-0.39, 0.29) is 25.3 Å². The largest absolute Gasteiger partial charge is 0.445 e. The number of aliphatic hydroxyl groups is 1. The fourth-order valence-corrected chi connectivity index (χ4v) is 5.37. The molecule has 0 radical (unpaired) electrons. The van der Waals surface area contributed by atoms with Crippen LogP contribution >= 0.6 is 15.9 Å². The Morgan fingerprint density at radius 2 is 1.81 bits per heavy atom. The molecule has 36 heavy (non-hydrogen) atoms. The molecule has 1 aliphatic heterocycles. The van der Waals surface area contributed by atoms with Crippen LogP contribution in [-0.4, -0.2) is 57.8 Å². The average molecular weight is 548 g/mol. The zero-order chi connectivity index (χ0) is 24.9. The summed E-state index contributed by atoms with van der Waals surface area (Å²) in [6.45, 7) is 2.34. The highest BCUT2D eigenvalue weighted by Gasteiger charge is 2.38. The number of H-pyrrole nitrogens is 1. The van der Waals surface area contributed by atoms with E-state index in [1.54, 1.807) is 4.90 Å². The van der Waals surface area contributed by atoms with Crippen molar-refractivity contribution < 1.29 is 14.6 Å². The van der Waals surface area contributed by atoms with Crippen molar-refractivity contribution in [1.82, 2.24) is 14.8 Å². The second-order valence-electron chi connectivity index (χ2n) is 9.29. The maximum Gasteiger partial charge on any atom is 0.410 e. The third-order valence-corrected chi connectivity index (χ3v) is 7.30. The van der Waals surface area contributed by atoms with Crippen LogP contribution in [0.3, 0.4) is 0 Å². The second-order valence-corrected chi connectivity index (χ2v) is 10.2. The number of ether oxygens (including phenoxy) is 1. The summed E-state index contributed by atoms with van der Waals surface area (Å²) in [4.78, 5) is 20.1. The topological polar surface area (TPSA) is 68.8 Å². The van der Waals surface area contributed by atoms with E-state index >= 15 is 0 Å². The zero-order valence-corrected chi connectivity index (χ0v) is 21.6. The maximum absolute atomic E-state index is 12.8. The molecule has 0 aliphatic carbocycles. The number of nitrogens with one attached hydrogen (secondary N) is 1. The number of aromatic amines is 1. The number of aromatic nitrogens is 1. The van der Waals surface area contributed by atoms with Gasteiger partial charge in [-0.25, -0.2) is 4.79 Å². The molecule has 4 aromatic rings. The van der Waals surface area contributed by atoms with Crippen LogP contribution in [0.1, 0.15) is 16.7 Å². The van der Waals surface area contributed by atoms with Crippen molar-refractivity contribution in [1.29, 1.82) is 0 Å². The van der Waals surface area contributed by atoms with Gasteiger partial charge in [0.15, 0.2) is 0 Å². The van der Waals surface area contributed by atoms with Crippen molar-refractivity contribution in [2.75, 3.05) is 19.6 Å². The molecule has 1 amide bonds. The van der Waals surface area contributed by atoms with Crippen molar-refractivity contribution in [2.45, 2.75) is 31.7 Å². The Hall–Kier alpha value is -3.13. The minimum Gasteiger partial charge on any atom is -0.445 e. The first kappa shape index (κ1) is 24.6. The third-order valence-electron chi connectivity index (χ3n) is 6.81. The number of benzene rings is 3. The first-order chi connectivity index (χ1) is 17.6. The van der Waals surface area contributed by atoms with Crippen molar-refractivity contribution in [3.05, 3.63) is 106 Å². The van der Waals surface area contributed by atoms with Crippen LogP contribution in [0, 0.1) is 0 Å². The summed E-state index contributed by atoms with van der Waals surface area (Å²) in [5, 5.41) is 12.2. The van der Waals surface area contributed by atoms with Crippen LogP contribution < -0.4 is 0 Å². The van der Waals surface area contributed by atoms with E-state index in [4.69, 9.17) is 4.74 Å². The standard InChI is InChI=1S/C29H30BrN3O3/c30-24-10-6-9-22(15-24)17-32(14-13-23-16-31-26-12-5-4-11-25(23)26)27-18-33(19-28(27)34)29(35)36-20-21-7-2-1-3-8-21/h1-12,15-16,27-28,31,34H,13-14,17-20H2/t27-,28-/m1/s1. The predicted molar refractivity (Wildman–Crippen MR) is 145 cm³/mol. The molecule has 7 heteroatoms. The summed E-state index contributed by atoms with van der Waals surface area (Å²) in [6, 6.07) is 26.0. The van der Waals surface area contributed by atoms with Crippen LogP contribution in [0.5, 0.6) is 0 Å². The van der Waals surface area contributed by atoms with Gasteiger partial charge in [0.25, 0.3) is 0 Å². The Kier molecular flexibility index (Phi) is 7.70. The summed E-state index contributed by atoms with van der Waals surface area (Å²) in [6.07, 6.45) is 1.86. The minimum absolute atomic E-state index is 0.182. The number of hydrogen-bond donors (Lipinski definition) is 2. The van der Waals surface area contributed by atoms with E-state index in [9.17, 15) is 9.90 Å². The van der Waals surface area contributed by atoms with Crippen LogP contribution in [0.2, 0.25) is 0 Å². The molecule has 186 valence electrons. The third kappa shape index (κ3) is 5.81. The van der Waals surface area contributed by atoms with Gasteiger partial charge in [0.05, 0.1) is 18.7 Å². The van der Waals surface area contributed by atoms with Gasteiger partial charge in [-0.05, 0) is 41.3 Å². The van der Waals surface area contributed by atoms with Crippen LogP contribution in [0.15, 0.2) is 89.5 Å². The molecule has 3 aromatic carbocycles. The van der Waals surface area contributed by atoms with E-state index < -0.39 is 6.10 Å². The van der Waals surface area contributed by atoms with Crippen LogP contribution in [-0.2, 0) is 24.3 Å². The zero-order valence-electron chi connectivity index (χ0n) is 20.0. The lowest BCUT2D eigenvalue weighted by molar-refractivity contribution is 0.0783. The number of fused-ring (bicyclic) bond motifs is 1. The molecule has 2 N–H and O–H groups in total. The number of nitrogens with zero attached hydrogens (tertiary/aromatic N) is 2. The molecule has 2 heterocycles. The number of aliphatic hydroxyl groups excluding tert-OH is 1. The highest BCUT2D eigenvalue weighted by molar-refractivity contribution is 9.10. The van der Waals surface area contributed by atoms with Gasteiger partial charge in [0, 0.05) is 41.2 Å². The summed E-state index contributed by atoms with van der Waals surface area (Å²) in [5.41, 5.74) is 4.47. The van der Waals surface area contributed by atoms with E-state index in [0.29, 0.717) is 13.1 Å². The molecule has 6 nitrogen and oxygen atoms in total. The Bertz CT molecular complexity index is 1310. The molecule has 2 atom stereocenters. The van der Waals surface area contributed by atoms with Crippen LogP contribution in [0.4, 0.5) is 4.79 Å². The molecule has 0 saturated carbocycles. The number of carbonyl (C=O) groups excluding carboxylic acids is 1. The lowest BCUT2D eigenvalue weighted by Crippen LogP contribution is -2.44. The van der Waals surface area contributed by atoms with Crippen molar-refractivity contribution in [3.63, 3.8) is 0 Å². The van der Waals surface area contributed by atoms with E-state index in [1.165, 1.54) is 10.9 Å². The lowest BCUT2D eigenvalue weighted by atomic mass is 10.1. The molecule has 1 aliphatic rings. The Morgan fingerprint density at radius 1 is 1.03 bits per heavy atom. The molecule has 0 bridgehead atoms. The maximum atomic E-state index is 12.8. The molecule has 0 unspecified atom stereocenters. The van der Waals surface area contributed by atoms with E-state index in [1.807, 2.05) is 48.5 Å². The number of likely N-dealkylation sites (tertiary alicyclic amines) is 1. The first-order valence-corrected chi connectivity index (χ1v) is 13.0. The molecule has 1 saturated heterocycles. The number of halogens is 1. The number of amides is 1. The van der Waals surface area contributed by atoms with Gasteiger partial charge >= 0.3 is 6.09 Å². The molecular weight excluding hydrogens is 518 g/mol. The Balaban J connectivity index is 1.29. The second kappa shape index (κ2) is 11.3. The van der Waals surface area contributed by atoms with Gasteiger partial charge in [0.2, 0.25) is 0 Å². The number of rotatable bonds is 8. The first-order valence-electron chi connectivity index (χ1n) is 12.2. The van der Waals surface area contributed by atoms with Crippen molar-refractivity contribution in [2.24, 2.45) is 0 Å². The van der Waals surface area contributed by atoms with Crippen molar-refractivity contribution >= 4 is 32.9 Å². The van der Waals surface area contributed by atoms with E-state index in [0.717, 1.165) is 34.1 Å². The monoisotopic (exact) mass is 547 g/mol. The number of para-hydroxylation sites is 1. The van der Waals surface area contributed by atoms with Gasteiger partial charge in [0.1, 0.15) is 6.61 Å². The Labute approximate surface area is 219 Å². The molecule has 5 rings (SSSR count). The number of hydrogen-bond acceptors (Lipinski definition) is 4. The van der Waals surface area contributed by atoms with E-state index in [2.05, 4.69) is 62.3 Å². The molecular formula is C29H30BrN3O3. The summed E-state index contributed by atoms with van der Waals surface area (Å²) >= 11 is 3.57. The highest BCUT2D eigenvalue weighted by Crippen LogP contribution is 2.24. The lowest BCUT2D eigenvalue weighted by Gasteiger charge is -2.30. The quantitative estimate of drug-likeness (QED) is 0.311. The summed E-state index contributed by atoms with van der Waals surface area (Å²) in [7, 11) is 0. The molecule has 1 fully saturated rings. The van der Waals surface area contributed by atoms with Gasteiger partial charge in [-0.2, -0.15) is 0 Å². The molecule has 0 spiro atoms. The minimum atomic E-state index is -0.649. The smallest absolute Gasteiger partial charge is 0.410 e. The predicted octanol–water partition coefficient (Wildman–Crippen LogP) is 5.36. The highest BCUT2D eigenvalue weighted by atomic mass is 79.9. The van der Waals surface area contributed by atoms with Gasteiger partial charge in [-0.1, -0.05) is 76.6 Å².